The van der Waals surface area contributed by atoms with Crippen LogP contribution in [0.4, 0.5) is 0 Å². The lowest BCUT2D eigenvalue weighted by Gasteiger charge is -2.05. The third-order valence-electron chi connectivity index (χ3n) is 3.94. The summed E-state index contributed by atoms with van der Waals surface area (Å²) in [5.74, 6) is -0.783. The molecule has 1 heterocycles. The average Bonchev–Trinajstić information content (AvgIpc) is 3.29. The molecule has 2 aromatic carbocycles. The Balaban J connectivity index is 1.43. The summed E-state index contributed by atoms with van der Waals surface area (Å²) >= 11 is 1.31. The van der Waals surface area contributed by atoms with Gasteiger partial charge in [-0.25, -0.2) is 10.2 Å². The second-order valence-electron chi connectivity index (χ2n) is 6.28. The van der Waals surface area contributed by atoms with Crippen molar-refractivity contribution >= 4 is 35.3 Å². The van der Waals surface area contributed by atoms with Crippen molar-refractivity contribution in [3.8, 4) is 5.75 Å². The van der Waals surface area contributed by atoms with Crippen molar-refractivity contribution in [2.24, 2.45) is 5.10 Å². The molecule has 3 rings (SSSR count). The number of nitrogens with one attached hydrogen (secondary N) is 2. The first-order valence-corrected chi connectivity index (χ1v) is 9.92. The summed E-state index contributed by atoms with van der Waals surface area (Å²) in [6.45, 7) is 1.74. The fourth-order valence-electron chi connectivity index (χ4n) is 2.36. The number of hydrogen-bond acceptors (Lipinski definition) is 6. The van der Waals surface area contributed by atoms with E-state index >= 15 is 0 Å². The summed E-state index contributed by atoms with van der Waals surface area (Å²) in [5, 5.41) is 8.19. The predicted molar refractivity (Wildman–Crippen MR) is 115 cm³/mol. The van der Waals surface area contributed by atoms with Gasteiger partial charge in [0.05, 0.1) is 12.8 Å². The highest BCUT2D eigenvalue weighted by Crippen LogP contribution is 2.16. The molecule has 0 bridgehead atoms. The summed E-state index contributed by atoms with van der Waals surface area (Å²) in [5.41, 5.74) is 4.58. The highest BCUT2D eigenvalue weighted by molar-refractivity contribution is 7.12. The Morgan fingerprint density at radius 2 is 1.77 bits per heavy atom. The quantitative estimate of drug-likeness (QED) is 0.265. The van der Waals surface area contributed by atoms with Gasteiger partial charge in [0.2, 0.25) is 0 Å². The molecule has 0 saturated heterocycles. The number of thiophene rings is 1. The Labute approximate surface area is 177 Å². The van der Waals surface area contributed by atoms with Gasteiger partial charge in [-0.3, -0.25) is 9.59 Å². The number of esters is 1. The minimum Gasteiger partial charge on any atom is -0.422 e. The van der Waals surface area contributed by atoms with Crippen LogP contribution in [0.1, 0.15) is 31.2 Å². The van der Waals surface area contributed by atoms with E-state index in [0.29, 0.717) is 21.8 Å². The SMILES string of the molecule is Cc1ccc(C(=O)NCC(=O)NN=Cc2ccc(OC(=O)c3cccs3)cc2)cc1. The average molecular weight is 421 g/mol. The number of amides is 2. The molecular weight excluding hydrogens is 402 g/mol. The van der Waals surface area contributed by atoms with Crippen LogP contribution in [0.25, 0.3) is 0 Å². The van der Waals surface area contributed by atoms with Gasteiger partial charge in [0.1, 0.15) is 10.6 Å². The van der Waals surface area contributed by atoms with Crippen LogP contribution in [-0.4, -0.2) is 30.5 Å². The standard InChI is InChI=1S/C22H19N3O4S/c1-15-4-8-17(9-5-15)21(27)23-14-20(26)25-24-13-16-6-10-18(11-7-16)29-22(28)19-3-2-12-30-19/h2-13H,14H2,1H3,(H,23,27)(H,25,26). The molecule has 3 aromatic rings. The van der Waals surface area contributed by atoms with E-state index in [4.69, 9.17) is 4.74 Å². The van der Waals surface area contributed by atoms with Crippen molar-refractivity contribution in [1.29, 1.82) is 0 Å². The van der Waals surface area contributed by atoms with Gasteiger partial charge in [-0.2, -0.15) is 5.10 Å². The highest BCUT2D eigenvalue weighted by Gasteiger charge is 2.09. The zero-order chi connectivity index (χ0) is 21.3. The monoisotopic (exact) mass is 421 g/mol. The van der Waals surface area contributed by atoms with Gasteiger partial charge in [-0.15, -0.1) is 11.3 Å². The van der Waals surface area contributed by atoms with Crippen molar-refractivity contribution in [3.05, 3.63) is 87.6 Å². The molecule has 0 aliphatic rings. The molecule has 7 nitrogen and oxygen atoms in total. The lowest BCUT2D eigenvalue weighted by molar-refractivity contribution is -0.120. The summed E-state index contributed by atoms with van der Waals surface area (Å²) in [6, 6.07) is 17.2. The lowest BCUT2D eigenvalue weighted by atomic mass is 10.1. The van der Waals surface area contributed by atoms with E-state index in [0.717, 1.165) is 5.56 Å². The van der Waals surface area contributed by atoms with Gasteiger partial charge >= 0.3 is 5.97 Å². The van der Waals surface area contributed by atoms with Gasteiger partial charge in [0, 0.05) is 5.56 Å². The normalized spacial score (nSPS) is 10.6. The van der Waals surface area contributed by atoms with Crippen molar-refractivity contribution in [2.45, 2.75) is 6.92 Å². The van der Waals surface area contributed by atoms with E-state index in [9.17, 15) is 14.4 Å². The Kier molecular flexibility index (Phi) is 7.07. The predicted octanol–water partition coefficient (Wildman–Crippen LogP) is 3.16. The van der Waals surface area contributed by atoms with E-state index in [1.165, 1.54) is 17.6 Å². The van der Waals surface area contributed by atoms with E-state index in [-0.39, 0.29) is 12.5 Å². The summed E-state index contributed by atoms with van der Waals surface area (Å²) < 4.78 is 5.27. The molecule has 152 valence electrons. The molecule has 0 fully saturated rings. The van der Waals surface area contributed by atoms with Crippen LogP contribution in [-0.2, 0) is 4.79 Å². The molecule has 0 atom stereocenters. The minimum atomic E-state index is -0.451. The third kappa shape index (κ3) is 6.11. The maximum Gasteiger partial charge on any atom is 0.353 e. The Hall–Kier alpha value is -3.78. The first-order valence-electron chi connectivity index (χ1n) is 9.04. The second-order valence-corrected chi connectivity index (χ2v) is 7.23. The number of carbonyl (C=O) groups excluding carboxylic acids is 3. The molecule has 1 aromatic heterocycles. The highest BCUT2D eigenvalue weighted by atomic mass is 32.1. The second kappa shape index (κ2) is 10.1. The van der Waals surface area contributed by atoms with E-state index in [2.05, 4.69) is 15.8 Å². The molecule has 0 aliphatic carbocycles. The van der Waals surface area contributed by atoms with Crippen LogP contribution in [0.3, 0.4) is 0 Å². The number of ether oxygens (including phenoxy) is 1. The maximum atomic E-state index is 12.0. The van der Waals surface area contributed by atoms with Gasteiger partial charge < -0.3 is 10.1 Å². The van der Waals surface area contributed by atoms with Crippen molar-refractivity contribution in [3.63, 3.8) is 0 Å². The zero-order valence-electron chi connectivity index (χ0n) is 16.1. The lowest BCUT2D eigenvalue weighted by Crippen LogP contribution is -2.34. The fraction of sp³-hybridized carbons (Fsp3) is 0.0909. The van der Waals surface area contributed by atoms with Crippen molar-refractivity contribution in [1.82, 2.24) is 10.7 Å². The molecule has 2 N–H and O–H groups in total. The summed E-state index contributed by atoms with van der Waals surface area (Å²) in [4.78, 5) is 36.2. The molecule has 30 heavy (non-hydrogen) atoms. The van der Waals surface area contributed by atoms with E-state index in [1.54, 1.807) is 53.9 Å². The summed E-state index contributed by atoms with van der Waals surface area (Å²) in [7, 11) is 0. The van der Waals surface area contributed by atoms with Crippen LogP contribution in [0, 0.1) is 6.92 Å². The molecule has 0 radical (unpaired) electrons. The van der Waals surface area contributed by atoms with Gasteiger partial charge in [-0.05, 0) is 60.3 Å². The fourth-order valence-corrected chi connectivity index (χ4v) is 2.96. The van der Waals surface area contributed by atoms with E-state index < -0.39 is 11.9 Å². The minimum absolute atomic E-state index is 0.193. The Morgan fingerprint density at radius 1 is 1.03 bits per heavy atom. The number of hydrazone groups is 1. The molecule has 0 spiro atoms. The van der Waals surface area contributed by atoms with Gasteiger partial charge in [0.15, 0.2) is 0 Å². The molecule has 0 unspecified atom stereocenters. The molecule has 0 saturated carbocycles. The Bertz CT molecular complexity index is 1040. The Morgan fingerprint density at radius 3 is 2.43 bits per heavy atom. The van der Waals surface area contributed by atoms with Crippen molar-refractivity contribution < 1.29 is 19.1 Å². The third-order valence-corrected chi connectivity index (χ3v) is 4.79. The van der Waals surface area contributed by atoms with Crippen LogP contribution in [0.2, 0.25) is 0 Å². The number of nitrogens with zero attached hydrogens (tertiary/aromatic N) is 1. The van der Waals surface area contributed by atoms with Crippen LogP contribution in [0.15, 0.2) is 71.1 Å². The zero-order valence-corrected chi connectivity index (χ0v) is 16.9. The van der Waals surface area contributed by atoms with Crippen LogP contribution >= 0.6 is 11.3 Å². The smallest absolute Gasteiger partial charge is 0.353 e. The van der Waals surface area contributed by atoms with Crippen LogP contribution in [0.5, 0.6) is 5.75 Å². The summed E-state index contributed by atoms with van der Waals surface area (Å²) in [6.07, 6.45) is 1.45. The number of aryl methyl sites for hydroxylation is 1. The van der Waals surface area contributed by atoms with E-state index in [1.807, 2.05) is 19.1 Å². The first kappa shape index (κ1) is 20.9. The van der Waals surface area contributed by atoms with Gasteiger partial charge in [0.25, 0.3) is 11.8 Å². The molecule has 2 amide bonds. The number of carbonyl (C=O) groups is 3. The van der Waals surface area contributed by atoms with Crippen molar-refractivity contribution in [2.75, 3.05) is 6.54 Å². The number of hydrogen-bond donors (Lipinski definition) is 2. The first-order chi connectivity index (χ1) is 14.5. The molecule has 0 aliphatic heterocycles. The number of rotatable bonds is 7. The van der Waals surface area contributed by atoms with Crippen LogP contribution < -0.4 is 15.5 Å². The number of benzene rings is 2. The van der Waals surface area contributed by atoms with Gasteiger partial charge in [-0.1, -0.05) is 23.8 Å². The topological polar surface area (TPSA) is 96.9 Å². The largest absolute Gasteiger partial charge is 0.422 e. The molecular formula is C22H19N3O4S. The molecule has 8 heteroatoms. The maximum absolute atomic E-state index is 12.0.